The number of amides is 6. The van der Waals surface area contributed by atoms with E-state index in [4.69, 9.17) is 28.9 Å². The first kappa shape index (κ1) is 83.6. The number of imide groups is 2. The fourth-order valence-electron chi connectivity index (χ4n) is 20.3. The molecule has 10 aromatic rings. The Morgan fingerprint density at radius 3 is 1.32 bits per heavy atom. The number of hydrogen-bond acceptors (Lipinski definition) is 22. The van der Waals surface area contributed by atoms with Gasteiger partial charge in [0.15, 0.2) is 22.7 Å². The smallest absolute Gasteiger partial charge is 0.329 e. The molecule has 16 heterocycles. The number of alkyl halides is 4. The lowest BCUT2D eigenvalue weighted by Crippen LogP contribution is -2.44. The van der Waals surface area contributed by atoms with E-state index >= 15 is 0 Å². The molecule has 0 spiro atoms. The van der Waals surface area contributed by atoms with Crippen LogP contribution in [0.4, 0.5) is 40.6 Å². The van der Waals surface area contributed by atoms with Crippen LogP contribution in [0.25, 0.3) is 33.4 Å². The monoisotopic (exact) mass is 1730 g/mol. The van der Waals surface area contributed by atoms with E-state index in [2.05, 4.69) is 84.9 Å². The maximum absolute atomic E-state index is 14.3. The number of nitrogens with zero attached hydrogens (tertiary/aromatic N) is 18. The molecule has 10 fully saturated rings. The topological polar surface area (TPSA) is 350 Å². The number of aromatic nitrogens is 14. The summed E-state index contributed by atoms with van der Waals surface area (Å²) in [5.41, 5.74) is 3.25. The van der Waals surface area contributed by atoms with Gasteiger partial charge in [0, 0.05) is 104 Å². The van der Waals surface area contributed by atoms with Crippen molar-refractivity contribution < 1.29 is 65.3 Å². The highest BCUT2D eigenvalue weighted by Crippen LogP contribution is 2.41. The van der Waals surface area contributed by atoms with Gasteiger partial charge in [0.1, 0.15) is 48.1 Å². The Hall–Kier alpha value is -11.9. The molecule has 6 atom stereocenters. The first-order chi connectivity index (χ1) is 61.1. The number of morpholine rings is 2. The zero-order chi connectivity index (χ0) is 86.7. The zero-order valence-corrected chi connectivity index (χ0v) is 69.8. The van der Waals surface area contributed by atoms with Gasteiger partial charge < -0.3 is 49.2 Å². The van der Waals surface area contributed by atoms with Gasteiger partial charge in [-0.1, -0.05) is 35.8 Å². The number of rotatable bonds is 20. The molecule has 4 bridgehead atoms. The number of hydrogen-bond donors (Lipinski definition) is 4. The van der Waals surface area contributed by atoms with Crippen LogP contribution in [0.15, 0.2) is 95.3 Å². The van der Waals surface area contributed by atoms with Gasteiger partial charge in [-0.2, -0.15) is 20.4 Å². The number of ether oxygens (including phenoxy) is 4. The molecule has 20 rings (SSSR count). The Bertz CT molecular complexity index is 5760. The van der Waals surface area contributed by atoms with Gasteiger partial charge in [-0.25, -0.2) is 46.1 Å². The van der Waals surface area contributed by atoms with Gasteiger partial charge in [-0.05, 0) is 151 Å². The Kier molecular flexibility index (Phi) is 23.5. The van der Waals surface area contributed by atoms with Crippen LogP contribution < -0.4 is 42.4 Å². The molecule has 2 saturated carbocycles. The second-order valence-corrected chi connectivity index (χ2v) is 34.8. The lowest BCUT2D eigenvalue weighted by atomic mass is 9.85. The third-order valence-corrected chi connectivity index (χ3v) is 27.0. The minimum absolute atomic E-state index is 0.0104. The molecule has 660 valence electrons. The Morgan fingerprint density at radius 2 is 0.944 bits per heavy atom. The number of halogens is 4. The molecular formula is C88H98F4N22O12. The van der Waals surface area contributed by atoms with Gasteiger partial charge in [-0.15, -0.1) is 0 Å². The number of anilines is 4. The molecule has 0 radical (unpaired) electrons. The molecule has 34 nitrogen and oxygen atoms in total. The number of fused-ring (bicyclic) bond motifs is 8. The van der Waals surface area contributed by atoms with Gasteiger partial charge in [0.2, 0.25) is 23.6 Å². The molecule has 4 N–H and O–H groups in total. The lowest BCUT2D eigenvalue weighted by molar-refractivity contribution is -0.137. The summed E-state index contributed by atoms with van der Waals surface area (Å²) in [6.07, 6.45) is 17.5. The maximum atomic E-state index is 14.3. The van der Waals surface area contributed by atoms with Crippen molar-refractivity contribution in [2.24, 2.45) is 25.9 Å². The Morgan fingerprint density at radius 1 is 0.532 bits per heavy atom. The van der Waals surface area contributed by atoms with Crippen molar-refractivity contribution in [1.29, 1.82) is 0 Å². The van der Waals surface area contributed by atoms with E-state index < -0.39 is 60.0 Å². The van der Waals surface area contributed by atoms with Crippen LogP contribution in [0.5, 0.6) is 0 Å². The molecule has 10 aliphatic rings. The summed E-state index contributed by atoms with van der Waals surface area (Å²) in [6.45, 7) is 8.80. The summed E-state index contributed by atoms with van der Waals surface area (Å²) in [4.78, 5) is 121. The normalized spacial score (nSPS) is 24.4. The van der Waals surface area contributed by atoms with Crippen LogP contribution in [0, 0.1) is 35.5 Å². The summed E-state index contributed by atoms with van der Waals surface area (Å²) >= 11 is 0. The van der Waals surface area contributed by atoms with Crippen LogP contribution in [0.2, 0.25) is 0 Å². The van der Waals surface area contributed by atoms with Crippen LogP contribution in [-0.2, 0) is 52.2 Å². The van der Waals surface area contributed by atoms with E-state index in [1.54, 1.807) is 48.0 Å². The lowest BCUT2D eigenvalue weighted by Gasteiger charge is -2.36. The molecule has 8 aromatic heterocycles. The third-order valence-electron chi connectivity index (χ3n) is 27.0. The van der Waals surface area contributed by atoms with Gasteiger partial charge in [0.05, 0.1) is 119 Å². The highest BCUT2D eigenvalue weighted by Gasteiger charge is 2.43. The number of imidazole rings is 2. The standard InChI is InChI=1S/2C44H49F2N11O6/c2*1-52-39-27(4-2-6-34(39)57(44(52)61)35-11-12-37(58)50-43(35)60)5-3-19-62-30-13-16-53(17-14-30)22-26-7-9-28(10-8-26)56-24-33(38(51-56)40(45)46)48-42(59)32-21-47-55-18-15-36(49-41(32)55)54-23-31-20-29(54)25-63-31/h2*2,4,6,15,18,21,24,26,28-31,35,40H,7-14,16-17,19-20,22-23,25H2,1H3,(H,48,59)(H,50,58,60)/t2*26?,28?,29-,31-,35?/m11/s1. The summed E-state index contributed by atoms with van der Waals surface area (Å²) < 4.78 is 93.1. The Balaban J connectivity index is 0.000000165. The molecule has 126 heavy (non-hydrogen) atoms. The number of para-hydroxylation sites is 2. The van der Waals surface area contributed by atoms with Crippen LogP contribution >= 0.6 is 0 Å². The largest absolute Gasteiger partial charge is 0.374 e. The quantitative estimate of drug-likeness (QED) is 0.0319. The molecule has 2 unspecified atom stereocenters. The number of nitrogens with one attached hydrogen (secondary N) is 4. The summed E-state index contributed by atoms with van der Waals surface area (Å²) in [5, 5.41) is 27.2. The van der Waals surface area contributed by atoms with Crippen molar-refractivity contribution in [1.82, 2.24) is 87.5 Å². The summed E-state index contributed by atoms with van der Waals surface area (Å²) in [6, 6.07) is 13.5. The van der Waals surface area contributed by atoms with E-state index in [9.17, 15) is 55.9 Å². The number of aryl methyl sites for hydroxylation is 2. The van der Waals surface area contributed by atoms with Crippen molar-refractivity contribution >= 4 is 91.8 Å². The average molecular weight is 1730 g/mol. The molecule has 8 saturated heterocycles. The molecule has 2 aromatic carbocycles. The SMILES string of the molecule is Cn1c(=O)n(C2CCC(=O)NC2=O)c2cccc(C#CCOC3CCN(CC4CCC(n5cc(NC(=O)c6cnn7ccc(N8C[C@H]9C[C@@H]8CO9)nc67)c(C(F)F)n5)CC4)CC3)c21.Cn1c(=O)n(C2CCC(=O)NC2=O)c2cccc(C#CCOC3CCN(CC4CCC(n5cc(NC(=O)c6cnn7ccc(N8C[C@H]9C[C@@H]8CO9)nc67)c(C(F)F)n5)CC4)CC3)c21. The van der Waals surface area contributed by atoms with Crippen molar-refractivity contribution in [2.75, 3.05) is 99.2 Å². The van der Waals surface area contributed by atoms with Gasteiger partial charge in [0.25, 0.3) is 24.7 Å². The highest BCUT2D eigenvalue weighted by atomic mass is 19.3. The van der Waals surface area contributed by atoms with Gasteiger partial charge >= 0.3 is 11.4 Å². The van der Waals surface area contributed by atoms with Crippen LogP contribution in [-0.4, -0.2) is 228 Å². The predicted octanol–water partition coefficient (Wildman–Crippen LogP) is 7.98. The summed E-state index contributed by atoms with van der Waals surface area (Å²) in [7, 11) is 3.31. The first-order valence-electron chi connectivity index (χ1n) is 43.7. The van der Waals surface area contributed by atoms with E-state index in [0.29, 0.717) is 69.5 Å². The molecule has 6 amide bonds. The Labute approximate surface area is 719 Å². The molecular weight excluding hydrogens is 1630 g/mol. The fourth-order valence-corrected chi connectivity index (χ4v) is 20.3. The molecule has 38 heteroatoms. The number of piperidine rings is 4. The van der Waals surface area contributed by atoms with E-state index in [1.165, 1.54) is 52.1 Å². The van der Waals surface area contributed by atoms with Crippen molar-refractivity contribution in [3.63, 3.8) is 0 Å². The van der Waals surface area contributed by atoms with E-state index in [1.807, 2.05) is 36.4 Å². The third kappa shape index (κ3) is 16.9. The minimum atomic E-state index is -2.86. The highest BCUT2D eigenvalue weighted by molar-refractivity contribution is 6.09. The second-order valence-electron chi connectivity index (χ2n) is 34.8. The number of likely N-dealkylation sites (tertiary alicyclic amines) is 2. The minimum Gasteiger partial charge on any atom is -0.374 e. The van der Waals surface area contributed by atoms with Gasteiger partial charge in [-0.3, -0.25) is 67.0 Å². The summed E-state index contributed by atoms with van der Waals surface area (Å²) in [5.74, 6) is 12.2. The maximum Gasteiger partial charge on any atom is 0.329 e. The molecule has 2 aliphatic carbocycles. The van der Waals surface area contributed by atoms with E-state index in [0.717, 1.165) is 154 Å². The average Bonchev–Trinajstić information content (AvgIpc) is 1.60. The van der Waals surface area contributed by atoms with Crippen molar-refractivity contribution in [3.8, 4) is 23.7 Å². The van der Waals surface area contributed by atoms with Crippen molar-refractivity contribution in [3.05, 3.63) is 140 Å². The molecule has 8 aliphatic heterocycles. The van der Waals surface area contributed by atoms with E-state index in [-0.39, 0.29) is 133 Å². The number of benzene rings is 2. The zero-order valence-electron chi connectivity index (χ0n) is 69.8. The second kappa shape index (κ2) is 35.5. The van der Waals surface area contributed by atoms with Crippen molar-refractivity contribution in [2.45, 2.75) is 189 Å². The number of carbonyl (C=O) groups is 6. The predicted molar refractivity (Wildman–Crippen MR) is 451 cm³/mol. The van der Waals surface area contributed by atoms with Crippen LogP contribution in [0.1, 0.15) is 196 Å². The number of carbonyl (C=O) groups excluding carboxylic acids is 6. The first-order valence-corrected chi connectivity index (χ1v) is 43.7. The van der Waals surface area contributed by atoms with Crippen LogP contribution in [0.3, 0.4) is 0 Å². The fraction of sp³-hybridized carbons (Fsp3) is 0.523.